The van der Waals surface area contributed by atoms with Gasteiger partial charge in [-0.15, -0.1) is 0 Å². The molecule has 0 aliphatic rings. The standard InChI is InChI=1S/C14H11F3N4/c1-8-10(14(15,16)17)12-13(18)19-7-20-21(12)11(8)9-5-3-2-4-6-9/h2-7H,1H3,(H2,18,19,20). The summed E-state index contributed by atoms with van der Waals surface area (Å²) in [5, 5.41) is 3.94. The normalized spacial score (nSPS) is 12.0. The van der Waals surface area contributed by atoms with Gasteiger partial charge in [-0.05, 0) is 12.5 Å². The second-order valence-corrected chi connectivity index (χ2v) is 4.62. The van der Waals surface area contributed by atoms with Gasteiger partial charge in [0.1, 0.15) is 11.8 Å². The Morgan fingerprint density at radius 1 is 1.14 bits per heavy atom. The van der Waals surface area contributed by atoms with Gasteiger partial charge in [-0.1, -0.05) is 30.3 Å². The highest BCUT2D eigenvalue weighted by Crippen LogP contribution is 2.41. The summed E-state index contributed by atoms with van der Waals surface area (Å²) in [7, 11) is 0. The summed E-state index contributed by atoms with van der Waals surface area (Å²) in [5.74, 6) is -0.192. The topological polar surface area (TPSA) is 56.2 Å². The quantitative estimate of drug-likeness (QED) is 0.748. The maximum Gasteiger partial charge on any atom is 0.418 e. The summed E-state index contributed by atoms with van der Waals surface area (Å²) >= 11 is 0. The lowest BCUT2D eigenvalue weighted by atomic mass is 10.1. The molecule has 3 aromatic rings. The Labute approximate surface area is 118 Å². The highest BCUT2D eigenvalue weighted by Gasteiger charge is 2.39. The zero-order valence-electron chi connectivity index (χ0n) is 11.0. The summed E-state index contributed by atoms with van der Waals surface area (Å²) < 4.78 is 41.3. The Morgan fingerprint density at radius 2 is 1.81 bits per heavy atom. The molecule has 0 saturated carbocycles. The van der Waals surface area contributed by atoms with Crippen LogP contribution in [0.1, 0.15) is 11.1 Å². The van der Waals surface area contributed by atoms with Crippen molar-refractivity contribution in [3.8, 4) is 11.3 Å². The number of nitrogen functional groups attached to an aromatic ring is 1. The molecule has 7 heteroatoms. The van der Waals surface area contributed by atoms with Crippen LogP contribution < -0.4 is 5.73 Å². The fourth-order valence-electron chi connectivity index (χ4n) is 2.51. The molecule has 0 fully saturated rings. The number of aromatic nitrogens is 3. The van der Waals surface area contributed by atoms with E-state index in [4.69, 9.17) is 5.73 Å². The summed E-state index contributed by atoms with van der Waals surface area (Å²) in [6, 6.07) is 8.76. The Bertz CT molecular complexity index is 806. The van der Waals surface area contributed by atoms with Crippen molar-refractivity contribution in [2.45, 2.75) is 13.1 Å². The van der Waals surface area contributed by atoms with Crippen LogP contribution in [0.15, 0.2) is 36.7 Å². The third-order valence-electron chi connectivity index (χ3n) is 3.33. The van der Waals surface area contributed by atoms with E-state index < -0.39 is 11.7 Å². The maximum atomic E-state index is 13.4. The van der Waals surface area contributed by atoms with E-state index >= 15 is 0 Å². The number of alkyl halides is 3. The van der Waals surface area contributed by atoms with Gasteiger partial charge in [0.05, 0.1) is 11.3 Å². The molecule has 0 aliphatic heterocycles. The first-order valence-corrected chi connectivity index (χ1v) is 6.15. The van der Waals surface area contributed by atoms with Crippen LogP contribution in [0.25, 0.3) is 16.8 Å². The first kappa shape index (κ1) is 13.4. The number of nitrogens with zero attached hydrogens (tertiary/aromatic N) is 3. The molecule has 0 spiro atoms. The van der Waals surface area contributed by atoms with Gasteiger partial charge in [-0.25, -0.2) is 9.50 Å². The second-order valence-electron chi connectivity index (χ2n) is 4.62. The number of anilines is 1. The lowest BCUT2D eigenvalue weighted by molar-refractivity contribution is -0.136. The molecule has 2 heterocycles. The lowest BCUT2D eigenvalue weighted by Gasteiger charge is -2.07. The van der Waals surface area contributed by atoms with Crippen LogP contribution in [0.4, 0.5) is 19.0 Å². The van der Waals surface area contributed by atoms with Gasteiger partial charge in [0.15, 0.2) is 5.82 Å². The van der Waals surface area contributed by atoms with Gasteiger partial charge >= 0.3 is 6.18 Å². The number of rotatable bonds is 1. The van der Waals surface area contributed by atoms with Crippen molar-refractivity contribution in [3.63, 3.8) is 0 Å². The molecule has 21 heavy (non-hydrogen) atoms. The molecule has 2 aromatic heterocycles. The minimum Gasteiger partial charge on any atom is -0.382 e. The largest absolute Gasteiger partial charge is 0.418 e. The Balaban J connectivity index is 2.48. The Kier molecular flexibility index (Phi) is 2.86. The molecular formula is C14H11F3N4. The predicted molar refractivity (Wildman–Crippen MR) is 72.6 cm³/mol. The maximum absolute atomic E-state index is 13.4. The molecule has 0 atom stereocenters. The number of benzene rings is 1. The van der Waals surface area contributed by atoms with Gasteiger partial charge in [0, 0.05) is 5.56 Å². The van der Waals surface area contributed by atoms with Crippen LogP contribution in [-0.4, -0.2) is 14.6 Å². The van der Waals surface area contributed by atoms with Gasteiger partial charge in [-0.2, -0.15) is 18.3 Å². The van der Waals surface area contributed by atoms with Crippen LogP contribution in [-0.2, 0) is 6.18 Å². The van der Waals surface area contributed by atoms with Crippen LogP contribution in [0.5, 0.6) is 0 Å². The van der Waals surface area contributed by atoms with Crippen LogP contribution in [0, 0.1) is 6.92 Å². The number of hydrogen-bond donors (Lipinski definition) is 1. The molecule has 2 N–H and O–H groups in total. The van der Waals surface area contributed by atoms with Crippen molar-refractivity contribution in [3.05, 3.63) is 47.8 Å². The molecule has 108 valence electrons. The van der Waals surface area contributed by atoms with E-state index in [1.165, 1.54) is 11.4 Å². The second kappa shape index (κ2) is 4.47. The Morgan fingerprint density at radius 3 is 2.43 bits per heavy atom. The minimum atomic E-state index is -4.53. The number of nitrogens with two attached hydrogens (primary N) is 1. The summed E-state index contributed by atoms with van der Waals surface area (Å²) in [5.41, 5.74) is 5.73. The molecule has 1 aromatic carbocycles. The van der Waals surface area contributed by atoms with Crippen molar-refractivity contribution in [1.29, 1.82) is 0 Å². The first-order chi connectivity index (χ1) is 9.91. The molecular weight excluding hydrogens is 281 g/mol. The molecule has 0 unspecified atom stereocenters. The monoisotopic (exact) mass is 292 g/mol. The van der Waals surface area contributed by atoms with E-state index in [-0.39, 0.29) is 16.9 Å². The van der Waals surface area contributed by atoms with E-state index in [0.29, 0.717) is 11.3 Å². The third kappa shape index (κ3) is 2.01. The van der Waals surface area contributed by atoms with Crippen molar-refractivity contribution >= 4 is 11.3 Å². The lowest BCUT2D eigenvalue weighted by Crippen LogP contribution is -2.08. The number of hydrogen-bond acceptors (Lipinski definition) is 3. The predicted octanol–water partition coefficient (Wildman–Crippen LogP) is 3.31. The Hall–Kier alpha value is -2.57. The minimum absolute atomic E-state index is 0.0842. The zero-order chi connectivity index (χ0) is 15.2. The van der Waals surface area contributed by atoms with E-state index in [0.717, 1.165) is 6.33 Å². The summed E-state index contributed by atoms with van der Waals surface area (Å²) in [6.45, 7) is 1.42. The van der Waals surface area contributed by atoms with Crippen molar-refractivity contribution in [2.75, 3.05) is 5.73 Å². The molecule has 0 aliphatic carbocycles. The van der Waals surface area contributed by atoms with Crippen LogP contribution in [0.2, 0.25) is 0 Å². The summed E-state index contributed by atoms with van der Waals surface area (Å²) in [4.78, 5) is 3.68. The van der Waals surface area contributed by atoms with Gasteiger partial charge < -0.3 is 5.73 Å². The molecule has 0 bridgehead atoms. The molecule has 4 nitrogen and oxygen atoms in total. The van der Waals surface area contributed by atoms with E-state index in [2.05, 4.69) is 10.1 Å². The van der Waals surface area contributed by atoms with E-state index in [1.807, 2.05) is 0 Å². The van der Waals surface area contributed by atoms with Crippen molar-refractivity contribution < 1.29 is 13.2 Å². The average Bonchev–Trinajstić information content (AvgIpc) is 2.73. The smallest absolute Gasteiger partial charge is 0.382 e. The fourth-order valence-corrected chi connectivity index (χ4v) is 2.51. The molecule has 0 amide bonds. The zero-order valence-corrected chi connectivity index (χ0v) is 11.0. The fraction of sp³-hybridized carbons (Fsp3) is 0.143. The highest BCUT2D eigenvalue weighted by molar-refractivity contribution is 5.81. The van der Waals surface area contributed by atoms with Gasteiger partial charge in [0.25, 0.3) is 0 Å². The molecule has 3 rings (SSSR count). The third-order valence-corrected chi connectivity index (χ3v) is 3.33. The van der Waals surface area contributed by atoms with Crippen molar-refractivity contribution in [1.82, 2.24) is 14.6 Å². The first-order valence-electron chi connectivity index (χ1n) is 6.15. The average molecular weight is 292 g/mol. The van der Waals surface area contributed by atoms with E-state index in [9.17, 15) is 13.2 Å². The van der Waals surface area contributed by atoms with E-state index in [1.54, 1.807) is 30.3 Å². The summed E-state index contributed by atoms with van der Waals surface area (Å²) in [6.07, 6.45) is -3.38. The van der Waals surface area contributed by atoms with Crippen molar-refractivity contribution in [2.24, 2.45) is 0 Å². The SMILES string of the molecule is Cc1c(C(F)(F)F)c2c(N)ncnn2c1-c1ccccc1. The molecule has 0 radical (unpaired) electrons. The molecule has 0 saturated heterocycles. The number of fused-ring (bicyclic) bond motifs is 1. The highest BCUT2D eigenvalue weighted by atomic mass is 19.4. The van der Waals surface area contributed by atoms with Gasteiger partial charge in [-0.3, -0.25) is 0 Å². The van der Waals surface area contributed by atoms with Gasteiger partial charge in [0.2, 0.25) is 0 Å². The van der Waals surface area contributed by atoms with Crippen LogP contribution >= 0.6 is 0 Å². The van der Waals surface area contributed by atoms with Crippen LogP contribution in [0.3, 0.4) is 0 Å². The number of halogens is 3.